The summed E-state index contributed by atoms with van der Waals surface area (Å²) < 4.78 is 5.10. The molecule has 5 nitrogen and oxygen atoms in total. The predicted octanol–water partition coefficient (Wildman–Crippen LogP) is 2.05. The molecule has 3 N–H and O–H groups in total. The molecule has 1 aromatic heterocycles. The molecular formula is C13H24N4O. The summed E-state index contributed by atoms with van der Waals surface area (Å²) >= 11 is 0. The zero-order valence-corrected chi connectivity index (χ0v) is 11.9. The van der Waals surface area contributed by atoms with Gasteiger partial charge in [-0.1, -0.05) is 27.7 Å². The average molecular weight is 252 g/mol. The van der Waals surface area contributed by atoms with Crippen LogP contribution in [0, 0.1) is 5.92 Å². The van der Waals surface area contributed by atoms with Crippen molar-refractivity contribution in [1.29, 1.82) is 0 Å². The van der Waals surface area contributed by atoms with Crippen LogP contribution in [0.15, 0.2) is 6.07 Å². The summed E-state index contributed by atoms with van der Waals surface area (Å²) in [6, 6.07) is 1.76. The van der Waals surface area contributed by atoms with Crippen molar-refractivity contribution >= 4 is 11.6 Å². The minimum atomic E-state index is -0.107. The smallest absolute Gasteiger partial charge is 0.138 e. The van der Waals surface area contributed by atoms with Crippen LogP contribution in [0.1, 0.15) is 33.5 Å². The maximum Gasteiger partial charge on any atom is 0.138 e. The van der Waals surface area contributed by atoms with Crippen LogP contribution in [0.4, 0.5) is 11.6 Å². The Morgan fingerprint density at radius 3 is 2.61 bits per heavy atom. The highest BCUT2D eigenvalue weighted by atomic mass is 16.5. The lowest BCUT2D eigenvalue weighted by Gasteiger charge is -2.19. The number of anilines is 2. The number of hydrogen-bond acceptors (Lipinski definition) is 5. The van der Waals surface area contributed by atoms with Gasteiger partial charge in [0.15, 0.2) is 0 Å². The van der Waals surface area contributed by atoms with Gasteiger partial charge in [-0.25, -0.2) is 9.97 Å². The molecule has 1 unspecified atom stereocenters. The molecule has 0 aromatic carbocycles. The fourth-order valence-electron chi connectivity index (χ4n) is 1.51. The maximum absolute atomic E-state index is 5.81. The van der Waals surface area contributed by atoms with Gasteiger partial charge in [-0.15, -0.1) is 0 Å². The zero-order valence-electron chi connectivity index (χ0n) is 11.9. The second-order valence-electron chi connectivity index (χ2n) is 5.69. The lowest BCUT2D eigenvalue weighted by molar-refractivity contribution is 0.164. The van der Waals surface area contributed by atoms with E-state index in [0.717, 1.165) is 24.8 Å². The Hall–Kier alpha value is -1.36. The second kappa shape index (κ2) is 6.00. The molecule has 0 amide bonds. The molecule has 0 saturated heterocycles. The number of nitrogens with one attached hydrogen (secondary N) is 1. The molecular weight excluding hydrogens is 228 g/mol. The van der Waals surface area contributed by atoms with E-state index in [4.69, 9.17) is 10.5 Å². The Morgan fingerprint density at radius 1 is 1.39 bits per heavy atom. The minimum Gasteiger partial charge on any atom is -0.384 e. The number of nitrogens with zero attached hydrogens (tertiary/aromatic N) is 2. The van der Waals surface area contributed by atoms with Gasteiger partial charge in [0.2, 0.25) is 0 Å². The van der Waals surface area contributed by atoms with Gasteiger partial charge in [0.05, 0.1) is 6.61 Å². The van der Waals surface area contributed by atoms with E-state index in [-0.39, 0.29) is 5.41 Å². The molecule has 0 saturated carbocycles. The number of hydrogen-bond donors (Lipinski definition) is 2. The fourth-order valence-corrected chi connectivity index (χ4v) is 1.51. The van der Waals surface area contributed by atoms with Gasteiger partial charge in [0.1, 0.15) is 17.5 Å². The number of ether oxygens (including phenoxy) is 1. The Kier molecular flexibility index (Phi) is 4.90. The molecule has 0 aliphatic rings. The molecule has 1 rings (SSSR count). The Labute approximate surface area is 109 Å². The third-order valence-electron chi connectivity index (χ3n) is 2.50. The Balaban J connectivity index is 2.75. The van der Waals surface area contributed by atoms with Gasteiger partial charge in [-0.2, -0.15) is 0 Å². The number of rotatable bonds is 5. The normalized spacial score (nSPS) is 13.4. The molecule has 102 valence electrons. The predicted molar refractivity (Wildman–Crippen MR) is 74.7 cm³/mol. The first-order valence-corrected chi connectivity index (χ1v) is 6.20. The van der Waals surface area contributed by atoms with Gasteiger partial charge in [0, 0.05) is 25.1 Å². The minimum absolute atomic E-state index is 0.107. The summed E-state index contributed by atoms with van der Waals surface area (Å²) in [5.41, 5.74) is 5.70. The number of nitrogens with two attached hydrogens (primary N) is 1. The van der Waals surface area contributed by atoms with Crippen LogP contribution in [0.3, 0.4) is 0 Å². The highest BCUT2D eigenvalue weighted by Crippen LogP contribution is 2.21. The number of aromatic nitrogens is 2. The number of nitrogen functional groups attached to an aromatic ring is 1. The molecule has 5 heteroatoms. The van der Waals surface area contributed by atoms with E-state index < -0.39 is 0 Å². The van der Waals surface area contributed by atoms with Crippen molar-refractivity contribution in [3.05, 3.63) is 11.9 Å². The highest BCUT2D eigenvalue weighted by Gasteiger charge is 2.18. The number of methoxy groups -OCH3 is 1. The van der Waals surface area contributed by atoms with E-state index in [0.29, 0.717) is 11.7 Å². The topological polar surface area (TPSA) is 73.1 Å². The highest BCUT2D eigenvalue weighted by molar-refractivity contribution is 5.45. The molecule has 1 atom stereocenters. The van der Waals surface area contributed by atoms with Crippen LogP contribution >= 0.6 is 0 Å². The van der Waals surface area contributed by atoms with Gasteiger partial charge < -0.3 is 15.8 Å². The molecule has 0 fully saturated rings. The van der Waals surface area contributed by atoms with Crippen LogP contribution in [-0.2, 0) is 10.2 Å². The van der Waals surface area contributed by atoms with Crippen molar-refractivity contribution < 1.29 is 4.74 Å². The third kappa shape index (κ3) is 4.49. The summed E-state index contributed by atoms with van der Waals surface area (Å²) in [6.07, 6.45) is 0. The molecule has 1 heterocycles. The second-order valence-corrected chi connectivity index (χ2v) is 5.69. The maximum atomic E-state index is 5.81. The summed E-state index contributed by atoms with van der Waals surface area (Å²) in [6.45, 7) is 9.84. The fraction of sp³-hybridized carbons (Fsp3) is 0.692. The molecule has 0 aliphatic carbocycles. The van der Waals surface area contributed by atoms with E-state index in [1.165, 1.54) is 0 Å². The van der Waals surface area contributed by atoms with E-state index in [1.807, 2.05) is 0 Å². The largest absolute Gasteiger partial charge is 0.384 e. The van der Waals surface area contributed by atoms with Crippen LogP contribution in [0.25, 0.3) is 0 Å². The van der Waals surface area contributed by atoms with Crippen molar-refractivity contribution in [2.24, 2.45) is 5.92 Å². The third-order valence-corrected chi connectivity index (χ3v) is 2.50. The van der Waals surface area contributed by atoms with Crippen molar-refractivity contribution in [3.63, 3.8) is 0 Å². The van der Waals surface area contributed by atoms with Crippen molar-refractivity contribution in [2.45, 2.75) is 33.1 Å². The summed E-state index contributed by atoms with van der Waals surface area (Å²) in [4.78, 5) is 8.76. The van der Waals surface area contributed by atoms with Gasteiger partial charge in [-0.05, 0) is 5.92 Å². The lowest BCUT2D eigenvalue weighted by atomic mass is 9.96. The zero-order chi connectivity index (χ0) is 13.8. The first kappa shape index (κ1) is 14.7. The van der Waals surface area contributed by atoms with E-state index >= 15 is 0 Å². The van der Waals surface area contributed by atoms with Gasteiger partial charge in [-0.3, -0.25) is 0 Å². The van der Waals surface area contributed by atoms with Crippen LogP contribution < -0.4 is 11.1 Å². The van der Waals surface area contributed by atoms with E-state index in [9.17, 15) is 0 Å². The van der Waals surface area contributed by atoms with Gasteiger partial charge in [0.25, 0.3) is 0 Å². The van der Waals surface area contributed by atoms with Crippen LogP contribution in [0.2, 0.25) is 0 Å². The summed E-state index contributed by atoms with van der Waals surface area (Å²) in [5.74, 6) is 2.45. The SMILES string of the molecule is COCC(C)CNc1cc(N)nc(C(C)(C)C)n1. The van der Waals surface area contributed by atoms with Gasteiger partial charge >= 0.3 is 0 Å². The van der Waals surface area contributed by atoms with E-state index in [2.05, 4.69) is 43.0 Å². The van der Waals surface area contributed by atoms with Crippen LogP contribution in [0.5, 0.6) is 0 Å². The lowest BCUT2D eigenvalue weighted by Crippen LogP contribution is -2.20. The molecule has 0 radical (unpaired) electrons. The van der Waals surface area contributed by atoms with Crippen molar-refractivity contribution in [3.8, 4) is 0 Å². The first-order valence-electron chi connectivity index (χ1n) is 6.20. The molecule has 18 heavy (non-hydrogen) atoms. The molecule has 1 aromatic rings. The van der Waals surface area contributed by atoms with E-state index in [1.54, 1.807) is 13.2 Å². The summed E-state index contributed by atoms with van der Waals surface area (Å²) in [5, 5.41) is 3.27. The monoisotopic (exact) mass is 252 g/mol. The quantitative estimate of drug-likeness (QED) is 0.839. The summed E-state index contributed by atoms with van der Waals surface area (Å²) in [7, 11) is 1.71. The molecule has 0 spiro atoms. The Bertz CT molecular complexity index is 387. The average Bonchev–Trinajstić information content (AvgIpc) is 2.25. The first-order chi connectivity index (χ1) is 8.32. The standard InChI is InChI=1S/C13H24N4O/c1-9(8-18-5)7-15-11-6-10(14)16-12(17-11)13(2,3)4/h6,9H,7-8H2,1-5H3,(H3,14,15,16,17). The van der Waals surface area contributed by atoms with Crippen LogP contribution in [-0.4, -0.2) is 30.2 Å². The molecule has 0 aliphatic heterocycles. The van der Waals surface area contributed by atoms with Crippen molar-refractivity contribution in [1.82, 2.24) is 9.97 Å². The Morgan fingerprint density at radius 2 is 2.06 bits per heavy atom. The van der Waals surface area contributed by atoms with Crippen molar-refractivity contribution in [2.75, 3.05) is 31.3 Å². The molecule has 0 bridgehead atoms.